The fourth-order valence-corrected chi connectivity index (χ4v) is 3.79. The molecule has 0 saturated heterocycles. The van der Waals surface area contributed by atoms with Gasteiger partial charge in [0.1, 0.15) is 0 Å². The first kappa shape index (κ1) is 9.21. The van der Waals surface area contributed by atoms with Crippen molar-refractivity contribution in [3.8, 4) is 0 Å². The molecule has 2 atom stereocenters. The normalized spacial score (nSPS) is 43.9. The monoisotopic (exact) mass is 193 g/mol. The van der Waals surface area contributed by atoms with E-state index in [0.29, 0.717) is 0 Å². The predicted molar refractivity (Wildman–Crippen MR) is 59.2 cm³/mol. The second-order valence-corrected chi connectivity index (χ2v) is 5.91. The summed E-state index contributed by atoms with van der Waals surface area (Å²) in [5, 5.41) is 3.81. The van der Waals surface area contributed by atoms with Gasteiger partial charge in [0.15, 0.2) is 0 Å². The van der Waals surface area contributed by atoms with Gasteiger partial charge in [0.05, 0.1) is 0 Å². The number of hydrogen-bond acceptors (Lipinski definition) is 1. The van der Waals surface area contributed by atoms with Crippen LogP contribution in [-0.4, -0.2) is 12.1 Å². The molecule has 2 bridgehead atoms. The van der Waals surface area contributed by atoms with Crippen molar-refractivity contribution in [3.63, 3.8) is 0 Å². The van der Waals surface area contributed by atoms with E-state index in [1.54, 1.807) is 0 Å². The Morgan fingerprint density at radius 1 is 1.00 bits per heavy atom. The minimum atomic E-state index is 0.801. The second-order valence-electron chi connectivity index (χ2n) is 5.91. The lowest BCUT2D eigenvalue weighted by molar-refractivity contribution is 0.0748. The van der Waals surface area contributed by atoms with Gasteiger partial charge in [0.25, 0.3) is 0 Å². The fourth-order valence-electron chi connectivity index (χ4n) is 3.79. The van der Waals surface area contributed by atoms with Crippen LogP contribution in [0.4, 0.5) is 0 Å². The Morgan fingerprint density at radius 2 is 1.71 bits per heavy atom. The van der Waals surface area contributed by atoms with E-state index in [0.717, 1.165) is 29.8 Å². The van der Waals surface area contributed by atoms with Crippen LogP contribution in [-0.2, 0) is 0 Å². The molecule has 0 amide bonds. The first-order chi connectivity index (χ1) is 6.83. The lowest BCUT2D eigenvalue weighted by Crippen LogP contribution is -2.44. The van der Waals surface area contributed by atoms with Gasteiger partial charge in [-0.3, -0.25) is 0 Å². The fraction of sp³-hybridized carbons (Fsp3) is 1.00. The predicted octanol–water partition coefficient (Wildman–Crippen LogP) is 2.95. The third kappa shape index (κ3) is 1.71. The maximum atomic E-state index is 3.81. The van der Waals surface area contributed by atoms with E-state index in [2.05, 4.69) is 12.2 Å². The van der Waals surface area contributed by atoms with E-state index >= 15 is 0 Å². The molecule has 0 aromatic heterocycles. The maximum absolute atomic E-state index is 3.81. The molecule has 2 unspecified atom stereocenters. The Hall–Kier alpha value is -0.0400. The first-order valence-corrected chi connectivity index (χ1v) is 6.59. The van der Waals surface area contributed by atoms with Gasteiger partial charge in [-0.15, -0.1) is 0 Å². The topological polar surface area (TPSA) is 12.0 Å². The third-order valence-electron chi connectivity index (χ3n) is 4.82. The van der Waals surface area contributed by atoms with Gasteiger partial charge in [-0.2, -0.15) is 0 Å². The number of fused-ring (bicyclic) bond motifs is 3. The molecule has 1 heteroatoms. The highest BCUT2D eigenvalue weighted by Gasteiger charge is 2.39. The van der Waals surface area contributed by atoms with Crippen LogP contribution in [0, 0.1) is 17.8 Å². The van der Waals surface area contributed by atoms with Gasteiger partial charge in [-0.25, -0.2) is 0 Å². The van der Waals surface area contributed by atoms with Crippen molar-refractivity contribution < 1.29 is 0 Å². The Kier molecular flexibility index (Phi) is 2.31. The molecule has 0 heterocycles. The van der Waals surface area contributed by atoms with E-state index in [1.807, 2.05) is 0 Å². The molecule has 0 aliphatic heterocycles. The minimum Gasteiger partial charge on any atom is -0.311 e. The standard InChI is InChI=1S/C13H23N/c1-9(14-12-6-7-12)13-8-10-2-4-11(13)5-3-10/h9-14H,2-8H2,1H3. The average molecular weight is 193 g/mol. The SMILES string of the molecule is CC(NC1CC1)C1CC2CCC1CC2. The molecule has 4 rings (SSSR count). The molecule has 0 aromatic rings. The van der Waals surface area contributed by atoms with E-state index < -0.39 is 0 Å². The molecule has 4 fully saturated rings. The number of rotatable bonds is 3. The van der Waals surface area contributed by atoms with Gasteiger partial charge >= 0.3 is 0 Å². The summed E-state index contributed by atoms with van der Waals surface area (Å²) in [6, 6.07) is 1.70. The summed E-state index contributed by atoms with van der Waals surface area (Å²) in [6.45, 7) is 2.43. The summed E-state index contributed by atoms with van der Waals surface area (Å²) in [7, 11) is 0. The quantitative estimate of drug-likeness (QED) is 0.726. The summed E-state index contributed by atoms with van der Waals surface area (Å²) in [5.74, 6) is 3.18. The molecular formula is C13H23N. The molecule has 4 aliphatic carbocycles. The van der Waals surface area contributed by atoms with Crippen molar-refractivity contribution >= 4 is 0 Å². The van der Waals surface area contributed by atoms with Crippen molar-refractivity contribution in [2.45, 2.75) is 64.0 Å². The van der Waals surface area contributed by atoms with Gasteiger partial charge in [-0.1, -0.05) is 12.8 Å². The van der Waals surface area contributed by atoms with Crippen molar-refractivity contribution in [1.82, 2.24) is 5.32 Å². The molecule has 1 nitrogen and oxygen atoms in total. The largest absolute Gasteiger partial charge is 0.311 e. The Labute approximate surface area is 87.7 Å². The lowest BCUT2D eigenvalue weighted by atomic mass is 9.63. The van der Waals surface area contributed by atoms with Gasteiger partial charge in [-0.05, 0) is 56.8 Å². The third-order valence-corrected chi connectivity index (χ3v) is 4.82. The van der Waals surface area contributed by atoms with Crippen LogP contribution in [0.3, 0.4) is 0 Å². The van der Waals surface area contributed by atoms with Gasteiger partial charge in [0, 0.05) is 12.1 Å². The molecule has 0 spiro atoms. The highest BCUT2D eigenvalue weighted by molar-refractivity contribution is 4.93. The van der Waals surface area contributed by atoms with E-state index in [-0.39, 0.29) is 0 Å². The van der Waals surface area contributed by atoms with E-state index in [9.17, 15) is 0 Å². The second kappa shape index (κ2) is 3.52. The Balaban J connectivity index is 1.60. The van der Waals surface area contributed by atoms with Crippen LogP contribution in [0.25, 0.3) is 0 Å². The van der Waals surface area contributed by atoms with Crippen molar-refractivity contribution in [2.24, 2.45) is 17.8 Å². The van der Waals surface area contributed by atoms with Crippen LogP contribution in [0.15, 0.2) is 0 Å². The summed E-state index contributed by atoms with van der Waals surface area (Å²) < 4.78 is 0. The van der Waals surface area contributed by atoms with Crippen molar-refractivity contribution in [1.29, 1.82) is 0 Å². The lowest BCUT2D eigenvalue weighted by Gasteiger charge is -2.45. The van der Waals surface area contributed by atoms with Gasteiger partial charge < -0.3 is 5.32 Å². The Morgan fingerprint density at radius 3 is 2.21 bits per heavy atom. The Bertz CT molecular complexity index is 201. The van der Waals surface area contributed by atoms with E-state index in [1.165, 1.54) is 44.9 Å². The average Bonchev–Trinajstić information content (AvgIpc) is 3.03. The molecule has 0 radical (unpaired) electrons. The molecule has 1 N–H and O–H groups in total. The zero-order chi connectivity index (χ0) is 9.54. The summed E-state index contributed by atoms with van der Waals surface area (Å²) in [4.78, 5) is 0. The summed E-state index contributed by atoms with van der Waals surface area (Å²) >= 11 is 0. The molecule has 4 aliphatic rings. The first-order valence-electron chi connectivity index (χ1n) is 6.59. The van der Waals surface area contributed by atoms with E-state index in [4.69, 9.17) is 0 Å². The maximum Gasteiger partial charge on any atom is 0.00723 e. The van der Waals surface area contributed by atoms with Crippen molar-refractivity contribution in [3.05, 3.63) is 0 Å². The van der Waals surface area contributed by atoms with Crippen LogP contribution in [0.1, 0.15) is 51.9 Å². The van der Waals surface area contributed by atoms with Crippen LogP contribution in [0.2, 0.25) is 0 Å². The molecular weight excluding hydrogens is 170 g/mol. The highest BCUT2D eigenvalue weighted by atomic mass is 15.0. The van der Waals surface area contributed by atoms with Gasteiger partial charge in [0.2, 0.25) is 0 Å². The smallest absolute Gasteiger partial charge is 0.00723 e. The molecule has 4 saturated carbocycles. The zero-order valence-electron chi connectivity index (χ0n) is 9.34. The summed E-state index contributed by atoms with van der Waals surface area (Å²) in [5.41, 5.74) is 0. The highest BCUT2D eigenvalue weighted by Crippen LogP contribution is 2.46. The van der Waals surface area contributed by atoms with Crippen LogP contribution < -0.4 is 5.32 Å². The van der Waals surface area contributed by atoms with Crippen LogP contribution >= 0.6 is 0 Å². The van der Waals surface area contributed by atoms with Crippen LogP contribution in [0.5, 0.6) is 0 Å². The molecule has 14 heavy (non-hydrogen) atoms. The summed E-state index contributed by atoms with van der Waals surface area (Å²) in [6.07, 6.45) is 10.6. The molecule has 80 valence electrons. The number of hydrogen-bond donors (Lipinski definition) is 1. The zero-order valence-corrected chi connectivity index (χ0v) is 9.34. The van der Waals surface area contributed by atoms with Crippen molar-refractivity contribution in [2.75, 3.05) is 0 Å². The molecule has 0 aromatic carbocycles. The number of nitrogens with one attached hydrogen (secondary N) is 1. The minimum absolute atomic E-state index is 0.801.